The van der Waals surface area contributed by atoms with Crippen LogP contribution in [0.1, 0.15) is 15.9 Å². The first-order valence-electron chi connectivity index (χ1n) is 10.2. The van der Waals surface area contributed by atoms with Gasteiger partial charge in [0.2, 0.25) is 5.13 Å². The number of carbonyl (C=O) groups excluding carboxylic acids is 1. The Kier molecular flexibility index (Phi) is 5.90. The van der Waals surface area contributed by atoms with Crippen LogP contribution in [0.25, 0.3) is 21.0 Å². The minimum Gasteiger partial charge on any atom is -0.497 e. The molecule has 7 heteroatoms. The molecule has 1 amide bonds. The standard InChI is InChI=1S/C26H18BrN3O2S/c1-32-20-12-9-17(10-13-20)16-28-30(26-29-23-14-11-19(27)15-24(23)33-26)25(31)22-8-4-6-18-5-2-3-7-21(18)22/h2-16H,1H3/b28-16+. The molecule has 5 aromatic rings. The van der Waals surface area contributed by atoms with E-state index < -0.39 is 0 Å². The van der Waals surface area contributed by atoms with E-state index in [4.69, 9.17) is 4.74 Å². The lowest BCUT2D eigenvalue weighted by atomic mass is 10.0. The number of methoxy groups -OCH3 is 1. The van der Waals surface area contributed by atoms with E-state index in [1.54, 1.807) is 13.3 Å². The minimum atomic E-state index is -0.241. The van der Waals surface area contributed by atoms with Crippen LogP contribution in [0.5, 0.6) is 5.75 Å². The van der Waals surface area contributed by atoms with Crippen LogP contribution < -0.4 is 9.75 Å². The Labute approximate surface area is 203 Å². The zero-order valence-electron chi connectivity index (χ0n) is 17.6. The van der Waals surface area contributed by atoms with Crippen molar-refractivity contribution < 1.29 is 9.53 Å². The number of rotatable bonds is 5. The van der Waals surface area contributed by atoms with Crippen molar-refractivity contribution in [3.05, 3.63) is 101 Å². The average Bonchev–Trinajstić information content (AvgIpc) is 3.26. The van der Waals surface area contributed by atoms with Crippen LogP contribution in [0, 0.1) is 0 Å². The van der Waals surface area contributed by atoms with Gasteiger partial charge in [0.05, 0.1) is 23.5 Å². The predicted octanol–water partition coefficient (Wildman–Crippen LogP) is 6.90. The minimum absolute atomic E-state index is 0.241. The van der Waals surface area contributed by atoms with Gasteiger partial charge in [-0.15, -0.1) is 0 Å². The van der Waals surface area contributed by atoms with Gasteiger partial charge >= 0.3 is 0 Å². The summed E-state index contributed by atoms with van der Waals surface area (Å²) >= 11 is 4.92. The lowest BCUT2D eigenvalue weighted by Gasteiger charge is -2.15. The van der Waals surface area contributed by atoms with Crippen LogP contribution in [0.2, 0.25) is 0 Å². The maximum Gasteiger partial charge on any atom is 0.281 e. The molecule has 1 aromatic heterocycles. The van der Waals surface area contributed by atoms with Gasteiger partial charge in [-0.25, -0.2) is 4.98 Å². The van der Waals surface area contributed by atoms with Crippen molar-refractivity contribution in [2.75, 3.05) is 12.1 Å². The van der Waals surface area contributed by atoms with Gasteiger partial charge in [-0.05, 0) is 64.9 Å². The number of nitrogens with zero attached hydrogens (tertiary/aromatic N) is 3. The molecular weight excluding hydrogens is 498 g/mol. The number of hydrogen-bond acceptors (Lipinski definition) is 5. The molecule has 0 radical (unpaired) electrons. The Bertz CT molecular complexity index is 1490. The molecule has 162 valence electrons. The van der Waals surface area contributed by atoms with Crippen molar-refractivity contribution in [2.24, 2.45) is 5.10 Å². The summed E-state index contributed by atoms with van der Waals surface area (Å²) < 4.78 is 7.15. The zero-order chi connectivity index (χ0) is 22.8. The third-order valence-electron chi connectivity index (χ3n) is 5.17. The van der Waals surface area contributed by atoms with Gasteiger partial charge in [0.25, 0.3) is 5.91 Å². The Balaban J connectivity index is 1.60. The van der Waals surface area contributed by atoms with Crippen LogP contribution in [-0.4, -0.2) is 24.2 Å². The summed E-state index contributed by atoms with van der Waals surface area (Å²) in [5, 5.41) is 8.33. The summed E-state index contributed by atoms with van der Waals surface area (Å²) in [5.74, 6) is 0.516. The maximum absolute atomic E-state index is 13.8. The molecule has 5 rings (SSSR count). The largest absolute Gasteiger partial charge is 0.497 e. The molecule has 0 bridgehead atoms. The van der Waals surface area contributed by atoms with E-state index in [2.05, 4.69) is 26.0 Å². The van der Waals surface area contributed by atoms with Crippen molar-refractivity contribution in [1.29, 1.82) is 0 Å². The van der Waals surface area contributed by atoms with Gasteiger partial charge in [0.1, 0.15) is 5.75 Å². The molecule has 5 nitrogen and oxygen atoms in total. The normalized spacial score (nSPS) is 11.3. The highest BCUT2D eigenvalue weighted by Crippen LogP contribution is 2.32. The SMILES string of the molecule is COc1ccc(/C=N/N(C(=O)c2cccc3ccccc23)c2nc3ccc(Br)cc3s2)cc1. The number of hydrazone groups is 1. The number of carbonyl (C=O) groups is 1. The van der Waals surface area contributed by atoms with Crippen LogP contribution in [0.4, 0.5) is 5.13 Å². The Morgan fingerprint density at radius 3 is 2.64 bits per heavy atom. The van der Waals surface area contributed by atoms with Crippen molar-refractivity contribution >= 4 is 65.5 Å². The molecule has 0 saturated carbocycles. The summed E-state index contributed by atoms with van der Waals surface area (Å²) in [6, 6.07) is 26.9. The van der Waals surface area contributed by atoms with E-state index >= 15 is 0 Å². The number of amides is 1. The van der Waals surface area contributed by atoms with Crippen LogP contribution in [0.3, 0.4) is 0 Å². The summed E-state index contributed by atoms with van der Waals surface area (Å²) in [6.45, 7) is 0. The first-order valence-corrected chi connectivity index (χ1v) is 11.8. The molecule has 0 spiro atoms. The smallest absolute Gasteiger partial charge is 0.281 e. The van der Waals surface area contributed by atoms with Crippen molar-refractivity contribution in [3.8, 4) is 5.75 Å². The summed E-state index contributed by atoms with van der Waals surface area (Å²) in [5.41, 5.74) is 2.23. The first-order chi connectivity index (χ1) is 16.1. The van der Waals surface area contributed by atoms with E-state index in [1.807, 2.05) is 84.9 Å². The second-order valence-corrected chi connectivity index (χ2v) is 9.19. The molecule has 0 unspecified atom stereocenters. The zero-order valence-corrected chi connectivity index (χ0v) is 20.0. The monoisotopic (exact) mass is 515 g/mol. The fraction of sp³-hybridized carbons (Fsp3) is 0.0385. The molecule has 0 saturated heterocycles. The topological polar surface area (TPSA) is 54.8 Å². The summed E-state index contributed by atoms with van der Waals surface area (Å²) in [6.07, 6.45) is 1.66. The van der Waals surface area contributed by atoms with E-state index in [9.17, 15) is 4.79 Å². The van der Waals surface area contributed by atoms with Gasteiger partial charge in [-0.3, -0.25) is 4.79 Å². The Morgan fingerprint density at radius 2 is 1.82 bits per heavy atom. The number of benzene rings is 4. The fourth-order valence-corrected chi connectivity index (χ4v) is 4.98. The lowest BCUT2D eigenvalue weighted by molar-refractivity contribution is 0.0989. The van der Waals surface area contributed by atoms with Gasteiger partial charge in [-0.1, -0.05) is 63.7 Å². The van der Waals surface area contributed by atoms with E-state index in [0.29, 0.717) is 10.7 Å². The molecule has 0 aliphatic rings. The van der Waals surface area contributed by atoms with E-state index in [0.717, 1.165) is 36.8 Å². The number of ether oxygens (including phenoxy) is 1. The van der Waals surface area contributed by atoms with Gasteiger partial charge in [0, 0.05) is 10.0 Å². The van der Waals surface area contributed by atoms with Crippen molar-refractivity contribution in [2.45, 2.75) is 0 Å². The average molecular weight is 516 g/mol. The second-order valence-electron chi connectivity index (χ2n) is 7.27. The molecule has 0 atom stereocenters. The third-order valence-corrected chi connectivity index (χ3v) is 6.66. The molecule has 1 heterocycles. The molecule has 4 aromatic carbocycles. The van der Waals surface area contributed by atoms with E-state index in [-0.39, 0.29) is 5.91 Å². The van der Waals surface area contributed by atoms with Crippen LogP contribution in [0.15, 0.2) is 94.5 Å². The number of halogens is 1. The highest BCUT2D eigenvalue weighted by molar-refractivity contribution is 9.10. The number of aromatic nitrogens is 1. The lowest BCUT2D eigenvalue weighted by Crippen LogP contribution is -2.25. The van der Waals surface area contributed by atoms with Gasteiger partial charge in [0.15, 0.2) is 0 Å². The highest BCUT2D eigenvalue weighted by atomic mass is 79.9. The maximum atomic E-state index is 13.8. The van der Waals surface area contributed by atoms with Gasteiger partial charge in [-0.2, -0.15) is 10.1 Å². The van der Waals surface area contributed by atoms with Crippen LogP contribution in [-0.2, 0) is 0 Å². The Morgan fingerprint density at radius 1 is 1.03 bits per heavy atom. The molecule has 0 fully saturated rings. The highest BCUT2D eigenvalue weighted by Gasteiger charge is 2.22. The molecule has 0 aliphatic heterocycles. The number of thiazole rings is 1. The summed E-state index contributed by atoms with van der Waals surface area (Å²) in [4.78, 5) is 18.5. The van der Waals surface area contributed by atoms with E-state index in [1.165, 1.54) is 16.3 Å². The van der Waals surface area contributed by atoms with Crippen LogP contribution >= 0.6 is 27.3 Å². The Hall–Kier alpha value is -3.55. The molecule has 0 N–H and O–H groups in total. The first kappa shape index (κ1) is 21.3. The third kappa shape index (κ3) is 4.37. The molecule has 33 heavy (non-hydrogen) atoms. The number of hydrogen-bond donors (Lipinski definition) is 0. The number of fused-ring (bicyclic) bond motifs is 2. The molecule has 0 aliphatic carbocycles. The summed E-state index contributed by atoms with van der Waals surface area (Å²) in [7, 11) is 1.62. The van der Waals surface area contributed by atoms with Gasteiger partial charge < -0.3 is 4.74 Å². The molecular formula is C26H18BrN3O2S. The fourth-order valence-electron chi connectivity index (χ4n) is 3.51. The predicted molar refractivity (Wildman–Crippen MR) is 139 cm³/mol. The second kappa shape index (κ2) is 9.13. The number of anilines is 1. The quantitative estimate of drug-likeness (QED) is 0.189. The van der Waals surface area contributed by atoms with Crippen molar-refractivity contribution in [1.82, 2.24) is 4.98 Å². The van der Waals surface area contributed by atoms with Crippen molar-refractivity contribution in [3.63, 3.8) is 0 Å².